The van der Waals surface area contributed by atoms with Crippen LogP contribution in [0, 0.1) is 0 Å². The molecular weight excluding hydrogens is 205 g/mol. The third kappa shape index (κ3) is 7.64. The maximum atomic E-state index is 10.3. The van der Waals surface area contributed by atoms with Gasteiger partial charge in [-0.05, 0) is 0 Å². The molecule has 0 aliphatic heterocycles. The van der Waals surface area contributed by atoms with Crippen molar-refractivity contribution in [3.8, 4) is 0 Å². The predicted molar refractivity (Wildman–Crippen MR) is 50.3 cm³/mol. The van der Waals surface area contributed by atoms with E-state index in [2.05, 4.69) is 9.97 Å². The van der Waals surface area contributed by atoms with Gasteiger partial charge in [-0.3, -0.25) is 4.79 Å². The van der Waals surface area contributed by atoms with Gasteiger partial charge in [-0.2, -0.15) is 0 Å². The van der Waals surface area contributed by atoms with Crippen molar-refractivity contribution in [2.45, 2.75) is 12.5 Å². The number of carbonyl (C=O) groups is 1. The number of nitrogens with two attached hydrogens (primary N) is 1. The zero-order chi connectivity index (χ0) is 11.8. The molecule has 7 N–H and O–H groups in total. The Balaban J connectivity index is 0.000000423. The molecule has 0 aliphatic rings. The molecular formula is C6H12BN3O5. The van der Waals surface area contributed by atoms with E-state index >= 15 is 0 Å². The first kappa shape index (κ1) is 13.6. The molecule has 0 aromatic carbocycles. The highest BCUT2D eigenvalue weighted by Gasteiger charge is 2.12. The monoisotopic (exact) mass is 217 g/mol. The van der Waals surface area contributed by atoms with Crippen LogP contribution >= 0.6 is 0 Å². The van der Waals surface area contributed by atoms with E-state index in [0.717, 1.165) is 0 Å². The summed E-state index contributed by atoms with van der Waals surface area (Å²) in [6.45, 7) is 0. The van der Waals surface area contributed by atoms with Crippen LogP contribution in [0.5, 0.6) is 0 Å². The average molecular weight is 217 g/mol. The maximum Gasteiger partial charge on any atom is 0.631 e. The van der Waals surface area contributed by atoms with Crippen LogP contribution in [-0.4, -0.2) is 49.5 Å². The molecule has 0 saturated carbocycles. The van der Waals surface area contributed by atoms with Gasteiger partial charge in [-0.15, -0.1) is 0 Å². The van der Waals surface area contributed by atoms with E-state index < -0.39 is 19.3 Å². The van der Waals surface area contributed by atoms with Gasteiger partial charge in [-0.1, -0.05) is 0 Å². The summed E-state index contributed by atoms with van der Waals surface area (Å²) in [5, 5.41) is 29.9. The number of carboxylic acids is 1. The van der Waals surface area contributed by atoms with Crippen LogP contribution in [-0.2, 0) is 11.2 Å². The molecule has 1 atom stereocenters. The third-order valence-corrected chi connectivity index (χ3v) is 1.30. The fourth-order valence-electron chi connectivity index (χ4n) is 0.715. The minimum Gasteiger partial charge on any atom is -0.480 e. The smallest absolute Gasteiger partial charge is 0.480 e. The van der Waals surface area contributed by atoms with Gasteiger partial charge in [0.05, 0.1) is 12.0 Å². The first-order valence-electron chi connectivity index (χ1n) is 3.93. The molecule has 1 aromatic rings. The van der Waals surface area contributed by atoms with Crippen molar-refractivity contribution in [3.63, 3.8) is 0 Å². The standard InChI is InChI=1S/C6H9N3O2.BH3O3/c7-5(6(10)11)1-4-2-8-3-9-4;2-1(3)4/h2-3,5H,1,7H2,(H,8,9)(H,10,11);2-4H/t5-;/m0./s1. The van der Waals surface area contributed by atoms with Gasteiger partial charge >= 0.3 is 13.3 Å². The molecule has 84 valence electrons. The zero-order valence-corrected chi connectivity index (χ0v) is 7.74. The normalized spacial score (nSPS) is 11.2. The van der Waals surface area contributed by atoms with Crippen molar-refractivity contribution in [1.29, 1.82) is 0 Å². The van der Waals surface area contributed by atoms with Crippen molar-refractivity contribution >= 4 is 13.3 Å². The van der Waals surface area contributed by atoms with Gasteiger partial charge < -0.3 is 30.9 Å². The molecule has 8 nitrogen and oxygen atoms in total. The molecule has 1 heterocycles. The molecule has 1 rings (SSSR count). The fourth-order valence-corrected chi connectivity index (χ4v) is 0.715. The molecule has 0 unspecified atom stereocenters. The van der Waals surface area contributed by atoms with Crippen LogP contribution in [0.3, 0.4) is 0 Å². The van der Waals surface area contributed by atoms with Gasteiger partial charge in [0.1, 0.15) is 6.04 Å². The topological polar surface area (TPSA) is 153 Å². The molecule has 0 bridgehead atoms. The van der Waals surface area contributed by atoms with Crippen LogP contribution in [0.15, 0.2) is 12.5 Å². The molecule has 9 heteroatoms. The molecule has 15 heavy (non-hydrogen) atoms. The zero-order valence-electron chi connectivity index (χ0n) is 7.74. The van der Waals surface area contributed by atoms with Crippen LogP contribution in [0.2, 0.25) is 0 Å². The van der Waals surface area contributed by atoms with Crippen LogP contribution in [0.1, 0.15) is 5.69 Å². The number of hydrogen-bond donors (Lipinski definition) is 6. The summed E-state index contributed by atoms with van der Waals surface area (Å²) in [5.41, 5.74) is 5.92. The number of H-pyrrole nitrogens is 1. The van der Waals surface area contributed by atoms with Crippen LogP contribution in [0.4, 0.5) is 0 Å². The molecule has 0 radical (unpaired) electrons. The Morgan fingerprint density at radius 2 is 2.13 bits per heavy atom. The first-order valence-corrected chi connectivity index (χ1v) is 3.93. The summed E-state index contributed by atoms with van der Waals surface area (Å²) < 4.78 is 0. The van der Waals surface area contributed by atoms with E-state index in [1.165, 1.54) is 6.33 Å². The van der Waals surface area contributed by atoms with Gasteiger partial charge in [-0.25, -0.2) is 4.98 Å². The van der Waals surface area contributed by atoms with E-state index in [0.29, 0.717) is 5.69 Å². The number of nitrogens with zero attached hydrogens (tertiary/aromatic N) is 1. The summed E-state index contributed by atoms with van der Waals surface area (Å²) in [6, 6.07) is -0.863. The maximum absolute atomic E-state index is 10.3. The number of aromatic nitrogens is 2. The van der Waals surface area contributed by atoms with Gasteiger partial charge in [0.2, 0.25) is 0 Å². The lowest BCUT2D eigenvalue weighted by molar-refractivity contribution is -0.138. The summed E-state index contributed by atoms with van der Waals surface area (Å²) >= 11 is 0. The van der Waals surface area contributed by atoms with E-state index in [1.807, 2.05) is 0 Å². The SMILES string of the molecule is N[C@@H](Cc1c[nH]cn1)C(=O)O.OB(O)O. The summed E-state index contributed by atoms with van der Waals surface area (Å²) in [4.78, 5) is 16.8. The number of hydrogen-bond acceptors (Lipinski definition) is 6. The minimum absolute atomic E-state index is 0.263. The Kier molecular flexibility index (Phi) is 6.30. The second kappa shape index (κ2) is 6.95. The van der Waals surface area contributed by atoms with Crippen molar-refractivity contribution in [2.24, 2.45) is 5.73 Å². The fraction of sp³-hybridized carbons (Fsp3) is 0.333. The van der Waals surface area contributed by atoms with Crippen molar-refractivity contribution in [3.05, 3.63) is 18.2 Å². The lowest BCUT2D eigenvalue weighted by Crippen LogP contribution is -2.32. The lowest BCUT2D eigenvalue weighted by Gasteiger charge is -2.01. The number of aromatic amines is 1. The number of imidazole rings is 1. The quantitative estimate of drug-likeness (QED) is 0.301. The number of carboxylic acid groups (broad SMARTS) is 1. The van der Waals surface area contributed by atoms with E-state index in [1.54, 1.807) is 6.20 Å². The van der Waals surface area contributed by atoms with E-state index in [4.69, 9.17) is 25.9 Å². The summed E-state index contributed by atoms with van der Waals surface area (Å²) in [7, 11) is -2.17. The Labute approximate surface area is 85.6 Å². The Morgan fingerprint density at radius 1 is 1.60 bits per heavy atom. The second-order valence-corrected chi connectivity index (χ2v) is 2.56. The first-order chi connectivity index (χ1) is 6.93. The molecule has 0 amide bonds. The summed E-state index contributed by atoms with van der Waals surface area (Å²) in [6.07, 6.45) is 3.38. The van der Waals surface area contributed by atoms with Crippen LogP contribution in [0.25, 0.3) is 0 Å². The Bertz CT molecular complexity index is 276. The minimum atomic E-state index is -2.17. The largest absolute Gasteiger partial charge is 0.631 e. The van der Waals surface area contributed by atoms with Gasteiger partial charge in [0.25, 0.3) is 0 Å². The molecule has 0 aliphatic carbocycles. The van der Waals surface area contributed by atoms with Gasteiger partial charge in [0, 0.05) is 12.6 Å². The average Bonchev–Trinajstić information content (AvgIpc) is 2.55. The molecule has 0 fully saturated rings. The Morgan fingerprint density at radius 3 is 2.47 bits per heavy atom. The Hall–Kier alpha value is -1.42. The number of nitrogens with one attached hydrogen (secondary N) is 1. The number of rotatable bonds is 3. The second-order valence-electron chi connectivity index (χ2n) is 2.56. The highest BCUT2D eigenvalue weighted by Crippen LogP contribution is 1.95. The molecule has 1 aromatic heterocycles. The highest BCUT2D eigenvalue weighted by molar-refractivity contribution is 6.30. The number of aliphatic carboxylic acids is 1. The molecule has 0 spiro atoms. The van der Waals surface area contributed by atoms with Crippen molar-refractivity contribution in [1.82, 2.24) is 9.97 Å². The van der Waals surface area contributed by atoms with Gasteiger partial charge in [0.15, 0.2) is 0 Å². The van der Waals surface area contributed by atoms with Crippen molar-refractivity contribution in [2.75, 3.05) is 0 Å². The summed E-state index contributed by atoms with van der Waals surface area (Å²) in [5.74, 6) is -1.01. The highest BCUT2D eigenvalue weighted by atomic mass is 16.5. The molecule has 0 saturated heterocycles. The van der Waals surface area contributed by atoms with E-state index in [9.17, 15) is 4.79 Å². The van der Waals surface area contributed by atoms with E-state index in [-0.39, 0.29) is 6.42 Å². The third-order valence-electron chi connectivity index (χ3n) is 1.30. The predicted octanol–water partition coefficient (Wildman–Crippen LogP) is -2.69. The van der Waals surface area contributed by atoms with Crippen molar-refractivity contribution < 1.29 is 25.0 Å². The lowest BCUT2D eigenvalue weighted by atomic mass is 10.2. The van der Waals surface area contributed by atoms with Crippen LogP contribution < -0.4 is 5.73 Å².